The molecular weight excluding hydrogens is 262 g/mol. The Bertz CT molecular complexity index is 772. The maximum Gasteiger partial charge on any atom is 0.216 e. The van der Waals surface area contributed by atoms with Crippen molar-refractivity contribution in [1.82, 2.24) is 9.78 Å². The molecule has 4 nitrogen and oxygen atoms in total. The first-order valence-corrected chi connectivity index (χ1v) is 6.99. The molecule has 1 N–H and O–H groups in total. The van der Waals surface area contributed by atoms with Crippen molar-refractivity contribution >= 4 is 16.5 Å². The molecule has 0 aliphatic rings. The minimum atomic E-state index is 0.691. The van der Waals surface area contributed by atoms with Gasteiger partial charge in [0.1, 0.15) is 0 Å². The van der Waals surface area contributed by atoms with Crippen LogP contribution in [0.3, 0.4) is 0 Å². The SMILES string of the molecule is COc1c(CNc2cccc3ccccc23)c(C)nn1C. The van der Waals surface area contributed by atoms with E-state index in [4.69, 9.17) is 4.74 Å². The normalized spacial score (nSPS) is 10.8. The predicted molar refractivity (Wildman–Crippen MR) is 85.8 cm³/mol. The molecule has 1 aromatic heterocycles. The van der Waals surface area contributed by atoms with Crippen molar-refractivity contribution in [3.63, 3.8) is 0 Å². The van der Waals surface area contributed by atoms with Gasteiger partial charge in [0, 0.05) is 24.7 Å². The Labute approximate surface area is 124 Å². The first-order valence-electron chi connectivity index (χ1n) is 6.99. The van der Waals surface area contributed by atoms with Crippen LogP contribution < -0.4 is 10.1 Å². The number of hydrogen-bond donors (Lipinski definition) is 1. The molecule has 0 radical (unpaired) electrons. The van der Waals surface area contributed by atoms with Gasteiger partial charge in [0.2, 0.25) is 5.88 Å². The van der Waals surface area contributed by atoms with E-state index in [1.54, 1.807) is 11.8 Å². The zero-order valence-electron chi connectivity index (χ0n) is 12.6. The molecular formula is C17H19N3O. The van der Waals surface area contributed by atoms with E-state index in [2.05, 4.69) is 52.9 Å². The Morgan fingerprint density at radius 1 is 1.14 bits per heavy atom. The van der Waals surface area contributed by atoms with Crippen LogP contribution in [0.15, 0.2) is 42.5 Å². The average molecular weight is 281 g/mol. The molecule has 0 saturated heterocycles. The Hall–Kier alpha value is -2.49. The molecule has 0 amide bonds. The smallest absolute Gasteiger partial charge is 0.216 e. The highest BCUT2D eigenvalue weighted by molar-refractivity contribution is 5.93. The van der Waals surface area contributed by atoms with Gasteiger partial charge in [0.05, 0.1) is 18.4 Å². The molecule has 0 aliphatic heterocycles. The van der Waals surface area contributed by atoms with Crippen LogP contribution in [-0.2, 0) is 13.6 Å². The van der Waals surface area contributed by atoms with Crippen LogP contribution >= 0.6 is 0 Å². The van der Waals surface area contributed by atoms with E-state index in [9.17, 15) is 0 Å². The number of nitrogens with one attached hydrogen (secondary N) is 1. The summed E-state index contributed by atoms with van der Waals surface area (Å²) in [6.45, 7) is 2.69. The summed E-state index contributed by atoms with van der Waals surface area (Å²) in [4.78, 5) is 0. The molecule has 0 unspecified atom stereocenters. The van der Waals surface area contributed by atoms with E-state index >= 15 is 0 Å². The maximum atomic E-state index is 5.43. The fourth-order valence-corrected chi connectivity index (χ4v) is 2.70. The minimum Gasteiger partial charge on any atom is -0.481 e. The fraction of sp³-hybridized carbons (Fsp3) is 0.235. The van der Waals surface area contributed by atoms with E-state index in [-0.39, 0.29) is 0 Å². The van der Waals surface area contributed by atoms with Crippen LogP contribution in [0, 0.1) is 6.92 Å². The van der Waals surface area contributed by atoms with Crippen LogP contribution in [-0.4, -0.2) is 16.9 Å². The first kappa shape index (κ1) is 13.5. The predicted octanol–water partition coefficient (Wildman–Crippen LogP) is 3.50. The molecule has 0 bridgehead atoms. The van der Waals surface area contributed by atoms with Gasteiger partial charge in [-0.05, 0) is 18.4 Å². The van der Waals surface area contributed by atoms with Crippen LogP contribution in [0.5, 0.6) is 5.88 Å². The third-order valence-corrected chi connectivity index (χ3v) is 3.73. The van der Waals surface area contributed by atoms with Gasteiger partial charge in [0.15, 0.2) is 0 Å². The molecule has 0 aliphatic carbocycles. The standard InChI is InChI=1S/C17H19N3O/c1-12-15(17(21-3)20(2)19-12)11-18-16-10-6-8-13-7-4-5-9-14(13)16/h4-10,18H,11H2,1-3H3. The number of anilines is 1. The molecule has 3 aromatic rings. The van der Waals surface area contributed by atoms with Crippen molar-refractivity contribution in [3.8, 4) is 5.88 Å². The van der Waals surface area contributed by atoms with Crippen molar-refractivity contribution in [1.29, 1.82) is 0 Å². The van der Waals surface area contributed by atoms with E-state index in [0.717, 1.165) is 22.8 Å². The highest BCUT2D eigenvalue weighted by atomic mass is 16.5. The monoisotopic (exact) mass is 281 g/mol. The van der Waals surface area contributed by atoms with E-state index in [1.807, 2.05) is 14.0 Å². The van der Waals surface area contributed by atoms with Crippen LogP contribution in [0.2, 0.25) is 0 Å². The van der Waals surface area contributed by atoms with Crippen molar-refractivity contribution in [2.75, 3.05) is 12.4 Å². The summed E-state index contributed by atoms with van der Waals surface area (Å²) in [5.74, 6) is 0.806. The summed E-state index contributed by atoms with van der Waals surface area (Å²) in [7, 11) is 3.57. The molecule has 21 heavy (non-hydrogen) atoms. The zero-order chi connectivity index (χ0) is 14.8. The van der Waals surface area contributed by atoms with Gasteiger partial charge in [-0.25, -0.2) is 4.68 Å². The highest BCUT2D eigenvalue weighted by Gasteiger charge is 2.13. The van der Waals surface area contributed by atoms with E-state index in [1.165, 1.54) is 10.8 Å². The Morgan fingerprint density at radius 2 is 1.90 bits per heavy atom. The summed E-state index contributed by atoms with van der Waals surface area (Å²) >= 11 is 0. The second kappa shape index (κ2) is 5.48. The number of aromatic nitrogens is 2. The summed E-state index contributed by atoms with van der Waals surface area (Å²) in [5, 5.41) is 10.4. The van der Waals surface area contributed by atoms with Crippen LogP contribution in [0.4, 0.5) is 5.69 Å². The number of fused-ring (bicyclic) bond motifs is 1. The van der Waals surface area contributed by atoms with Gasteiger partial charge in [-0.1, -0.05) is 36.4 Å². The molecule has 108 valence electrons. The van der Waals surface area contributed by atoms with Crippen molar-refractivity contribution in [3.05, 3.63) is 53.7 Å². The topological polar surface area (TPSA) is 39.1 Å². The summed E-state index contributed by atoms with van der Waals surface area (Å²) in [6, 6.07) is 14.7. The Balaban J connectivity index is 1.91. The number of methoxy groups -OCH3 is 1. The van der Waals surface area contributed by atoms with Gasteiger partial charge in [-0.2, -0.15) is 5.10 Å². The summed E-state index contributed by atoms with van der Waals surface area (Å²) < 4.78 is 7.21. The summed E-state index contributed by atoms with van der Waals surface area (Å²) in [5.41, 5.74) is 3.20. The number of ether oxygens (including phenoxy) is 1. The third kappa shape index (κ3) is 2.44. The lowest BCUT2D eigenvalue weighted by Gasteiger charge is -2.10. The molecule has 0 spiro atoms. The van der Waals surface area contributed by atoms with Gasteiger partial charge >= 0.3 is 0 Å². The molecule has 1 heterocycles. The third-order valence-electron chi connectivity index (χ3n) is 3.73. The molecule has 0 saturated carbocycles. The van der Waals surface area contributed by atoms with Gasteiger partial charge < -0.3 is 10.1 Å². The maximum absolute atomic E-state index is 5.43. The largest absolute Gasteiger partial charge is 0.481 e. The molecule has 4 heteroatoms. The Kier molecular flexibility index (Phi) is 3.52. The second-order valence-corrected chi connectivity index (χ2v) is 5.08. The Morgan fingerprint density at radius 3 is 2.71 bits per heavy atom. The fourth-order valence-electron chi connectivity index (χ4n) is 2.70. The quantitative estimate of drug-likeness (QED) is 0.795. The second-order valence-electron chi connectivity index (χ2n) is 5.08. The first-order chi connectivity index (χ1) is 10.2. The average Bonchev–Trinajstić information content (AvgIpc) is 2.78. The van der Waals surface area contributed by atoms with E-state index < -0.39 is 0 Å². The van der Waals surface area contributed by atoms with E-state index in [0.29, 0.717) is 6.54 Å². The minimum absolute atomic E-state index is 0.691. The number of benzene rings is 2. The lowest BCUT2D eigenvalue weighted by Crippen LogP contribution is -2.03. The van der Waals surface area contributed by atoms with Crippen molar-refractivity contribution in [2.24, 2.45) is 7.05 Å². The summed E-state index contributed by atoms with van der Waals surface area (Å²) in [6.07, 6.45) is 0. The van der Waals surface area contributed by atoms with Crippen molar-refractivity contribution < 1.29 is 4.74 Å². The van der Waals surface area contributed by atoms with Gasteiger partial charge in [0.25, 0.3) is 0 Å². The molecule has 0 fully saturated rings. The molecule has 3 rings (SSSR count). The lowest BCUT2D eigenvalue weighted by molar-refractivity contribution is 0.370. The molecule has 2 aromatic carbocycles. The van der Waals surface area contributed by atoms with Crippen molar-refractivity contribution in [2.45, 2.75) is 13.5 Å². The van der Waals surface area contributed by atoms with Gasteiger partial charge in [-0.3, -0.25) is 0 Å². The highest BCUT2D eigenvalue weighted by Crippen LogP contribution is 2.26. The van der Waals surface area contributed by atoms with Gasteiger partial charge in [-0.15, -0.1) is 0 Å². The number of aryl methyl sites for hydroxylation is 2. The number of rotatable bonds is 4. The zero-order valence-corrected chi connectivity index (χ0v) is 12.6. The number of nitrogens with zero attached hydrogens (tertiary/aromatic N) is 2. The lowest BCUT2D eigenvalue weighted by atomic mass is 10.1. The van der Waals surface area contributed by atoms with Crippen LogP contribution in [0.1, 0.15) is 11.3 Å². The molecule has 0 atom stereocenters. The van der Waals surface area contributed by atoms with Crippen LogP contribution in [0.25, 0.3) is 10.8 Å². The number of hydrogen-bond acceptors (Lipinski definition) is 3.